The van der Waals surface area contributed by atoms with E-state index in [0.717, 1.165) is 32.9 Å². The highest BCUT2D eigenvalue weighted by Crippen LogP contribution is 2.46. The van der Waals surface area contributed by atoms with Crippen LogP contribution in [0.2, 0.25) is 0 Å². The quantitative estimate of drug-likeness (QED) is 0.161. The molecule has 284 valence electrons. The Morgan fingerprint density at radius 1 is 0.604 bits per heavy atom. The Morgan fingerprint density at radius 2 is 0.943 bits per heavy atom. The molecule has 0 saturated carbocycles. The van der Waals surface area contributed by atoms with Crippen molar-refractivity contribution in [2.24, 2.45) is 0 Å². The Hall–Kier alpha value is -5.42. The van der Waals surface area contributed by atoms with Crippen LogP contribution in [-0.2, 0) is 4.74 Å². The monoisotopic (exact) mass is 724 g/mol. The predicted molar refractivity (Wildman–Crippen MR) is 220 cm³/mol. The molecule has 2 aliphatic rings. The zero-order valence-corrected chi connectivity index (χ0v) is 33.7. The van der Waals surface area contributed by atoms with Gasteiger partial charge in [-0.25, -0.2) is 9.59 Å². The number of carbonyl (C=O) groups is 2. The van der Waals surface area contributed by atoms with E-state index in [1.807, 2.05) is 73.5 Å². The summed E-state index contributed by atoms with van der Waals surface area (Å²) in [4.78, 5) is 36.1. The van der Waals surface area contributed by atoms with Crippen molar-refractivity contribution in [1.29, 1.82) is 0 Å². The van der Waals surface area contributed by atoms with Crippen LogP contribution in [0.4, 0.5) is 34.1 Å². The fraction of sp³-hybridized carbons (Fsp3) is 0.381. The molecule has 11 heteroatoms. The van der Waals surface area contributed by atoms with Crippen LogP contribution in [0.5, 0.6) is 0 Å². The summed E-state index contributed by atoms with van der Waals surface area (Å²) in [5.41, 5.74) is 9.74. The van der Waals surface area contributed by atoms with E-state index in [-0.39, 0.29) is 18.3 Å². The molecular weight excluding hydrogens is 667 g/mol. The van der Waals surface area contributed by atoms with Gasteiger partial charge in [0.25, 0.3) is 0 Å². The first-order valence-corrected chi connectivity index (χ1v) is 17.8. The fourth-order valence-corrected chi connectivity index (χ4v) is 6.51. The summed E-state index contributed by atoms with van der Waals surface area (Å²) in [7, 11) is 24.8. The molecule has 0 bridgehead atoms. The van der Waals surface area contributed by atoms with E-state index in [4.69, 9.17) is 4.74 Å². The van der Waals surface area contributed by atoms with Crippen LogP contribution in [0.15, 0.2) is 84.9 Å². The van der Waals surface area contributed by atoms with Crippen molar-refractivity contribution in [3.8, 4) is 0 Å². The van der Waals surface area contributed by atoms with E-state index in [1.54, 1.807) is 12.1 Å². The Bertz CT molecular complexity index is 1860. The number of hydrogen-bond donors (Lipinski definition) is 1. The SMILES string of the molecule is CCOC(=O)c1ccc2c(c1)N(C)C(c1ccc(N(C)C)cc1)N2C.CN(C)c1ccc(C2N(C)c3ccc(C(=O)O)cc3N2C)cc1.C[N+](C)(C)C. The maximum atomic E-state index is 12.0. The molecule has 2 aliphatic heterocycles. The highest BCUT2D eigenvalue weighted by atomic mass is 16.5. The number of rotatable bonds is 7. The summed E-state index contributed by atoms with van der Waals surface area (Å²) in [5.74, 6) is -1.18. The number of fused-ring (bicyclic) bond motifs is 2. The number of hydrogen-bond acceptors (Lipinski definition) is 9. The molecule has 4 aromatic carbocycles. The summed E-state index contributed by atoms with van der Waals surface area (Å²) in [6, 6.07) is 28.0. The molecule has 2 atom stereocenters. The first-order chi connectivity index (χ1) is 24.8. The lowest BCUT2D eigenvalue weighted by molar-refractivity contribution is -0.849. The van der Waals surface area contributed by atoms with Crippen LogP contribution in [-0.4, -0.2) is 113 Å². The highest BCUT2D eigenvalue weighted by molar-refractivity contribution is 5.94. The molecule has 0 amide bonds. The molecule has 11 nitrogen and oxygen atoms in total. The zero-order valence-electron chi connectivity index (χ0n) is 33.7. The van der Waals surface area contributed by atoms with Crippen LogP contribution < -0.4 is 29.4 Å². The number of benzene rings is 4. The van der Waals surface area contributed by atoms with E-state index >= 15 is 0 Å². The smallest absolute Gasteiger partial charge is 0.338 e. The molecule has 53 heavy (non-hydrogen) atoms. The number of ether oxygens (including phenoxy) is 1. The van der Waals surface area contributed by atoms with Gasteiger partial charge in [0.15, 0.2) is 0 Å². The number of nitrogens with zero attached hydrogens (tertiary/aromatic N) is 7. The minimum Gasteiger partial charge on any atom is -0.478 e. The van der Waals surface area contributed by atoms with Crippen LogP contribution in [0.25, 0.3) is 0 Å². The van der Waals surface area contributed by atoms with Crippen LogP contribution >= 0.6 is 0 Å². The summed E-state index contributed by atoms with van der Waals surface area (Å²) in [6.45, 7) is 2.20. The van der Waals surface area contributed by atoms with Gasteiger partial charge in [0.2, 0.25) is 0 Å². The van der Waals surface area contributed by atoms with Crippen LogP contribution in [0.3, 0.4) is 0 Å². The minimum absolute atomic E-state index is 0.0604. The topological polar surface area (TPSA) is 83.0 Å². The number of carbonyl (C=O) groups excluding carboxylic acids is 1. The summed E-state index contributed by atoms with van der Waals surface area (Å²) in [5, 5.41) is 9.20. The number of esters is 1. The van der Waals surface area contributed by atoms with E-state index < -0.39 is 5.97 Å². The number of carboxylic acids is 1. The van der Waals surface area contributed by atoms with Gasteiger partial charge in [0, 0.05) is 67.8 Å². The third-order valence-electron chi connectivity index (χ3n) is 9.11. The van der Waals surface area contributed by atoms with Crippen molar-refractivity contribution in [3.63, 3.8) is 0 Å². The maximum absolute atomic E-state index is 12.0. The Morgan fingerprint density at radius 3 is 1.28 bits per heavy atom. The van der Waals surface area contributed by atoms with Gasteiger partial charge < -0.3 is 43.7 Å². The van der Waals surface area contributed by atoms with Gasteiger partial charge in [-0.05, 0) is 78.7 Å². The number of quaternary nitrogens is 1. The lowest BCUT2D eigenvalue weighted by atomic mass is 10.1. The minimum atomic E-state index is -0.900. The lowest BCUT2D eigenvalue weighted by Crippen LogP contribution is -2.30. The Labute approximate surface area is 316 Å². The van der Waals surface area contributed by atoms with Gasteiger partial charge in [-0.1, -0.05) is 24.3 Å². The van der Waals surface area contributed by atoms with Crippen molar-refractivity contribution >= 4 is 46.1 Å². The molecule has 2 heterocycles. The van der Waals surface area contributed by atoms with Gasteiger partial charge in [0.05, 0.1) is 68.7 Å². The van der Waals surface area contributed by atoms with E-state index in [0.29, 0.717) is 17.7 Å². The second kappa shape index (κ2) is 16.5. The fourth-order valence-electron chi connectivity index (χ4n) is 6.51. The van der Waals surface area contributed by atoms with Crippen molar-refractivity contribution in [1.82, 2.24) is 0 Å². The molecule has 0 fully saturated rings. The molecular formula is C42H58N7O4+. The number of aromatic carboxylic acids is 1. The van der Waals surface area contributed by atoms with E-state index in [1.165, 1.54) is 16.8 Å². The van der Waals surface area contributed by atoms with E-state index in [2.05, 4.69) is 120 Å². The second-order valence-electron chi connectivity index (χ2n) is 15.3. The third kappa shape index (κ3) is 9.34. The molecule has 4 aromatic rings. The van der Waals surface area contributed by atoms with Crippen LogP contribution in [0, 0.1) is 0 Å². The Balaban J connectivity index is 0.000000211. The average molecular weight is 725 g/mol. The van der Waals surface area contributed by atoms with Gasteiger partial charge in [0.1, 0.15) is 12.3 Å². The second-order valence-corrected chi connectivity index (χ2v) is 15.3. The number of carboxylic acid groups (broad SMARTS) is 1. The van der Waals surface area contributed by atoms with Crippen molar-refractivity contribution in [3.05, 3.63) is 107 Å². The van der Waals surface area contributed by atoms with Gasteiger partial charge in [-0.15, -0.1) is 0 Å². The zero-order chi connectivity index (χ0) is 39.4. The molecule has 0 radical (unpaired) electrons. The van der Waals surface area contributed by atoms with Crippen molar-refractivity contribution in [2.75, 3.05) is 121 Å². The normalized spacial score (nSPS) is 15.8. The molecule has 0 aliphatic carbocycles. The summed E-state index contributed by atoms with van der Waals surface area (Å²) in [6.07, 6.45) is 0.161. The maximum Gasteiger partial charge on any atom is 0.338 e. The predicted octanol–water partition coefficient (Wildman–Crippen LogP) is 6.87. The Kier molecular flexibility index (Phi) is 12.6. The molecule has 0 saturated heterocycles. The molecule has 0 aromatic heterocycles. The molecule has 6 rings (SSSR count). The summed E-state index contributed by atoms with van der Waals surface area (Å²) < 4.78 is 6.12. The first-order valence-electron chi connectivity index (χ1n) is 17.8. The number of anilines is 6. The average Bonchev–Trinajstić information content (AvgIpc) is 3.50. The van der Waals surface area contributed by atoms with Gasteiger partial charge in [-0.2, -0.15) is 0 Å². The molecule has 1 N–H and O–H groups in total. The first kappa shape index (κ1) is 40.4. The van der Waals surface area contributed by atoms with Gasteiger partial charge >= 0.3 is 11.9 Å². The van der Waals surface area contributed by atoms with Crippen LogP contribution in [0.1, 0.15) is 51.1 Å². The lowest BCUT2D eigenvalue weighted by Gasteiger charge is -2.28. The third-order valence-corrected chi connectivity index (χ3v) is 9.11. The molecule has 2 unspecified atom stereocenters. The van der Waals surface area contributed by atoms with Gasteiger partial charge in [-0.3, -0.25) is 0 Å². The summed E-state index contributed by atoms with van der Waals surface area (Å²) >= 11 is 0. The standard InChI is InChI=1S/C20H25N3O2.C18H21N3O2.C4H12N/c1-6-25-20(24)15-9-12-17-18(13-15)23(5)19(22(17)4)14-7-10-16(11-8-14)21(2)3;1-19(2)14-8-5-12(6-9-14)17-20(3)15-10-7-13(18(22)23)11-16(15)21(17)4;1-5(2,3)4/h7-13,19H,6H2,1-5H3;5-11,17H,1-4H3,(H,22,23);1-4H3/q;;+1. The van der Waals surface area contributed by atoms with E-state index in [9.17, 15) is 14.7 Å². The molecule has 0 spiro atoms. The highest BCUT2D eigenvalue weighted by Gasteiger charge is 2.34. The largest absolute Gasteiger partial charge is 0.478 e. The van der Waals surface area contributed by atoms with Crippen molar-refractivity contribution in [2.45, 2.75) is 19.3 Å². The van der Waals surface area contributed by atoms with Crippen molar-refractivity contribution < 1.29 is 23.9 Å².